The van der Waals surface area contributed by atoms with Gasteiger partial charge in [-0.2, -0.15) is 26.3 Å². The summed E-state index contributed by atoms with van der Waals surface area (Å²) in [6.45, 7) is -0.607. The molecule has 0 heterocycles. The Kier molecular flexibility index (Phi) is 2.00. The first kappa shape index (κ1) is 12.5. The summed E-state index contributed by atoms with van der Waals surface area (Å²) in [6.07, 6.45) is 0. The Bertz CT molecular complexity index is 200. The fourth-order valence-corrected chi connectivity index (χ4v) is 1.38. The van der Waals surface area contributed by atoms with Gasteiger partial charge in [-0.15, -0.1) is 0 Å². The lowest BCUT2D eigenvalue weighted by atomic mass is 9.90. The van der Waals surface area contributed by atoms with Crippen LogP contribution >= 0.6 is 0 Å². The first-order valence-electron chi connectivity index (χ1n) is 3.76. The van der Waals surface area contributed by atoms with E-state index in [0.717, 1.165) is 0 Å². The van der Waals surface area contributed by atoms with Crippen molar-refractivity contribution in [2.45, 2.75) is 43.0 Å². The van der Waals surface area contributed by atoms with Gasteiger partial charge in [0.05, 0.1) is 0 Å². The fourth-order valence-electron chi connectivity index (χ4n) is 1.38. The summed E-state index contributed by atoms with van der Waals surface area (Å²) >= 11 is 0. The quantitative estimate of drug-likeness (QED) is 0.571. The molecule has 90 valence electrons. The standard InChI is InChI=1S/C7H6F8/c1-3(8)4(2,9)6(12,13)7(14,15)5(3,10)11/h1-2H3. The molecule has 0 nitrogen and oxygen atoms in total. The summed E-state index contributed by atoms with van der Waals surface area (Å²) in [6, 6.07) is 0. The molecule has 15 heavy (non-hydrogen) atoms. The first-order valence-corrected chi connectivity index (χ1v) is 3.76. The molecule has 0 radical (unpaired) electrons. The Morgan fingerprint density at radius 2 is 0.667 bits per heavy atom. The van der Waals surface area contributed by atoms with E-state index >= 15 is 0 Å². The predicted octanol–water partition coefficient (Wildman–Crippen LogP) is 3.36. The van der Waals surface area contributed by atoms with Crippen molar-refractivity contribution in [2.24, 2.45) is 0 Å². The Labute approximate surface area is 79.2 Å². The molecular formula is C7H6F8. The third kappa shape index (κ3) is 0.891. The molecule has 0 aromatic heterocycles. The highest BCUT2D eigenvalue weighted by molar-refractivity contribution is 5.27. The van der Waals surface area contributed by atoms with Crippen LogP contribution in [-0.2, 0) is 0 Å². The zero-order chi connectivity index (χ0) is 12.5. The van der Waals surface area contributed by atoms with E-state index in [1.807, 2.05) is 0 Å². The van der Waals surface area contributed by atoms with Crippen LogP contribution in [0.1, 0.15) is 13.8 Å². The van der Waals surface area contributed by atoms with Crippen LogP contribution < -0.4 is 0 Å². The minimum Gasteiger partial charge on any atom is -0.233 e. The van der Waals surface area contributed by atoms with E-state index in [2.05, 4.69) is 0 Å². The highest BCUT2D eigenvalue weighted by Crippen LogP contribution is 2.68. The Balaban J connectivity index is 3.55. The van der Waals surface area contributed by atoms with Crippen molar-refractivity contribution in [3.8, 4) is 0 Å². The van der Waals surface area contributed by atoms with Gasteiger partial charge >= 0.3 is 17.8 Å². The molecule has 0 bridgehead atoms. The van der Waals surface area contributed by atoms with E-state index in [1.54, 1.807) is 0 Å². The van der Waals surface area contributed by atoms with Gasteiger partial charge in [-0.05, 0) is 13.8 Å². The lowest BCUT2D eigenvalue weighted by molar-refractivity contribution is -0.290. The van der Waals surface area contributed by atoms with E-state index < -0.39 is 29.1 Å². The van der Waals surface area contributed by atoms with E-state index in [-0.39, 0.29) is 13.8 Å². The number of alkyl halides is 8. The van der Waals surface area contributed by atoms with Crippen molar-refractivity contribution in [3.05, 3.63) is 0 Å². The number of halogens is 8. The molecule has 0 aromatic carbocycles. The van der Waals surface area contributed by atoms with Crippen LogP contribution in [-0.4, -0.2) is 29.1 Å². The average molecular weight is 242 g/mol. The van der Waals surface area contributed by atoms with Crippen LogP contribution in [0.3, 0.4) is 0 Å². The highest BCUT2D eigenvalue weighted by Gasteiger charge is 2.96. The molecule has 0 saturated heterocycles. The number of hydrogen-bond donors (Lipinski definition) is 0. The third-order valence-electron chi connectivity index (χ3n) is 2.85. The molecule has 1 fully saturated rings. The molecule has 0 aromatic rings. The molecule has 0 N–H and O–H groups in total. The maximum atomic E-state index is 13.1. The molecule has 1 saturated carbocycles. The molecule has 0 amide bonds. The second-order valence-corrected chi connectivity index (χ2v) is 3.73. The monoisotopic (exact) mass is 242 g/mol. The van der Waals surface area contributed by atoms with Crippen molar-refractivity contribution in [3.63, 3.8) is 0 Å². The van der Waals surface area contributed by atoms with Gasteiger partial charge in [0.25, 0.3) is 0 Å². The normalized spacial score (nSPS) is 46.8. The maximum absolute atomic E-state index is 13.1. The molecule has 1 aliphatic carbocycles. The molecule has 2 atom stereocenters. The number of hydrogen-bond acceptors (Lipinski definition) is 0. The molecular weight excluding hydrogens is 236 g/mol. The molecule has 8 heteroatoms. The van der Waals surface area contributed by atoms with Gasteiger partial charge in [0.2, 0.25) is 11.3 Å². The van der Waals surface area contributed by atoms with Gasteiger partial charge in [-0.3, -0.25) is 0 Å². The lowest BCUT2D eigenvalue weighted by Crippen LogP contribution is -2.53. The second kappa shape index (κ2) is 2.40. The van der Waals surface area contributed by atoms with Crippen LogP contribution in [0.25, 0.3) is 0 Å². The summed E-state index contributed by atoms with van der Waals surface area (Å²) < 4.78 is 102. The Hall–Kier alpha value is -0.560. The van der Waals surface area contributed by atoms with Gasteiger partial charge in [0.1, 0.15) is 0 Å². The summed E-state index contributed by atoms with van der Waals surface area (Å²) in [5, 5.41) is 0. The van der Waals surface area contributed by atoms with E-state index in [1.165, 1.54) is 0 Å². The van der Waals surface area contributed by atoms with E-state index in [4.69, 9.17) is 0 Å². The summed E-state index contributed by atoms with van der Waals surface area (Å²) in [5.74, 6) is -17.6. The largest absolute Gasteiger partial charge is 0.378 e. The fraction of sp³-hybridized carbons (Fsp3) is 1.00. The highest BCUT2D eigenvalue weighted by atomic mass is 19.4. The molecule has 0 spiro atoms. The maximum Gasteiger partial charge on any atom is 0.378 e. The minimum absolute atomic E-state index is 0.304. The van der Waals surface area contributed by atoms with Crippen LogP contribution in [0.4, 0.5) is 35.1 Å². The van der Waals surface area contributed by atoms with Crippen molar-refractivity contribution in [1.82, 2.24) is 0 Å². The lowest BCUT2D eigenvalue weighted by Gasteiger charge is -2.30. The first-order chi connectivity index (χ1) is 6.25. The van der Waals surface area contributed by atoms with Gasteiger partial charge in [-0.1, -0.05) is 0 Å². The Morgan fingerprint density at radius 1 is 0.467 bits per heavy atom. The molecule has 0 aliphatic heterocycles. The second-order valence-electron chi connectivity index (χ2n) is 3.73. The SMILES string of the molecule is CC1(F)C(C)(F)C(F)(F)C(F)(F)C1(F)F. The third-order valence-corrected chi connectivity index (χ3v) is 2.85. The van der Waals surface area contributed by atoms with Crippen molar-refractivity contribution < 1.29 is 35.1 Å². The molecule has 1 aliphatic rings. The van der Waals surface area contributed by atoms with Crippen molar-refractivity contribution >= 4 is 0 Å². The van der Waals surface area contributed by atoms with Crippen LogP contribution in [0.5, 0.6) is 0 Å². The zero-order valence-corrected chi connectivity index (χ0v) is 7.52. The van der Waals surface area contributed by atoms with Crippen molar-refractivity contribution in [2.75, 3.05) is 0 Å². The van der Waals surface area contributed by atoms with Crippen LogP contribution in [0.2, 0.25) is 0 Å². The van der Waals surface area contributed by atoms with Gasteiger partial charge < -0.3 is 0 Å². The zero-order valence-electron chi connectivity index (χ0n) is 7.52. The Morgan fingerprint density at radius 3 is 0.733 bits per heavy atom. The average Bonchev–Trinajstić information content (AvgIpc) is 2.04. The molecule has 2 unspecified atom stereocenters. The summed E-state index contributed by atoms with van der Waals surface area (Å²) in [7, 11) is 0. The van der Waals surface area contributed by atoms with Gasteiger partial charge in [0, 0.05) is 0 Å². The van der Waals surface area contributed by atoms with Crippen LogP contribution in [0, 0.1) is 0 Å². The summed E-state index contributed by atoms with van der Waals surface area (Å²) in [5.41, 5.74) is -9.29. The van der Waals surface area contributed by atoms with Gasteiger partial charge in [0.15, 0.2) is 0 Å². The van der Waals surface area contributed by atoms with Gasteiger partial charge in [-0.25, -0.2) is 8.78 Å². The predicted molar refractivity (Wildman–Crippen MR) is 33.9 cm³/mol. The van der Waals surface area contributed by atoms with Crippen LogP contribution in [0.15, 0.2) is 0 Å². The smallest absolute Gasteiger partial charge is 0.233 e. The van der Waals surface area contributed by atoms with E-state index in [0.29, 0.717) is 0 Å². The molecule has 1 rings (SSSR count). The van der Waals surface area contributed by atoms with E-state index in [9.17, 15) is 35.1 Å². The van der Waals surface area contributed by atoms with Crippen molar-refractivity contribution in [1.29, 1.82) is 0 Å². The topological polar surface area (TPSA) is 0 Å². The number of rotatable bonds is 0. The minimum atomic E-state index is -6.06. The summed E-state index contributed by atoms with van der Waals surface area (Å²) in [4.78, 5) is 0.